The van der Waals surface area contributed by atoms with Crippen LogP contribution in [0.25, 0.3) is 11.1 Å². The number of carbonyl (C=O) groups is 1. The topological polar surface area (TPSA) is 55.1 Å². The van der Waals surface area contributed by atoms with Gasteiger partial charge in [0.05, 0.1) is 0 Å². The Kier molecular flexibility index (Phi) is 4.94. The highest BCUT2D eigenvalue weighted by Gasteiger charge is 2.22. The highest BCUT2D eigenvalue weighted by molar-refractivity contribution is 8.00. The molecule has 1 aromatic heterocycles. The van der Waals surface area contributed by atoms with Gasteiger partial charge in [-0.25, -0.2) is 4.98 Å². The number of fused-ring (bicyclic) bond motifs is 1. The van der Waals surface area contributed by atoms with Crippen LogP contribution in [0.4, 0.5) is 5.69 Å². The average Bonchev–Trinajstić information content (AvgIpc) is 3.07. The summed E-state index contributed by atoms with van der Waals surface area (Å²) in [6.07, 6.45) is 0. The zero-order valence-corrected chi connectivity index (χ0v) is 15.6. The smallest absolute Gasteiger partial charge is 0.242 e. The van der Waals surface area contributed by atoms with Crippen LogP contribution >= 0.6 is 11.8 Å². The molecule has 134 valence electrons. The van der Waals surface area contributed by atoms with Crippen molar-refractivity contribution >= 4 is 34.5 Å². The summed E-state index contributed by atoms with van der Waals surface area (Å²) in [6, 6.07) is 25.2. The van der Waals surface area contributed by atoms with Crippen molar-refractivity contribution in [1.29, 1.82) is 0 Å². The molecular formula is C22H18N2O2S. The minimum atomic E-state index is -0.358. The Balaban J connectivity index is 1.61. The molecule has 0 bridgehead atoms. The Morgan fingerprint density at radius 1 is 1.00 bits per heavy atom. The summed E-state index contributed by atoms with van der Waals surface area (Å²) in [5, 5.41) is 2.66. The lowest BCUT2D eigenvalue weighted by molar-refractivity contribution is -0.115. The molecular weight excluding hydrogens is 356 g/mol. The van der Waals surface area contributed by atoms with Crippen LogP contribution in [-0.4, -0.2) is 10.9 Å². The second kappa shape index (κ2) is 7.68. The SMILES string of the molecule is Cc1nc2cc(NC(=O)[C@@H](Sc3ccccc3)c3ccccc3)ccc2o1. The second-order valence-corrected chi connectivity index (χ2v) is 7.30. The number of anilines is 1. The van der Waals surface area contributed by atoms with Crippen LogP contribution in [0.1, 0.15) is 16.7 Å². The number of nitrogens with zero attached hydrogens (tertiary/aromatic N) is 1. The first-order valence-electron chi connectivity index (χ1n) is 8.64. The minimum absolute atomic E-state index is 0.0744. The van der Waals surface area contributed by atoms with Crippen molar-refractivity contribution in [2.45, 2.75) is 17.1 Å². The van der Waals surface area contributed by atoms with Gasteiger partial charge in [0, 0.05) is 17.5 Å². The van der Waals surface area contributed by atoms with Crippen molar-refractivity contribution in [3.63, 3.8) is 0 Å². The van der Waals surface area contributed by atoms with Gasteiger partial charge in [0.15, 0.2) is 11.5 Å². The van der Waals surface area contributed by atoms with E-state index in [-0.39, 0.29) is 11.2 Å². The Labute approximate surface area is 161 Å². The standard InChI is InChI=1S/C22H18N2O2S/c1-15-23-19-14-17(12-13-20(19)26-15)24-22(25)21(16-8-4-2-5-9-16)27-18-10-6-3-7-11-18/h2-14,21H,1H3,(H,24,25)/t21-/m0/s1. The molecule has 0 aliphatic heterocycles. The van der Waals surface area contributed by atoms with E-state index in [1.807, 2.05) is 78.9 Å². The largest absolute Gasteiger partial charge is 0.441 e. The van der Waals surface area contributed by atoms with Crippen LogP contribution in [0, 0.1) is 6.92 Å². The number of aryl methyl sites for hydroxylation is 1. The molecule has 0 radical (unpaired) electrons. The zero-order valence-electron chi connectivity index (χ0n) is 14.8. The maximum Gasteiger partial charge on any atom is 0.242 e. The molecule has 0 aliphatic rings. The minimum Gasteiger partial charge on any atom is -0.441 e. The number of thioether (sulfide) groups is 1. The van der Waals surface area contributed by atoms with Crippen molar-refractivity contribution in [3.05, 3.63) is 90.3 Å². The Morgan fingerprint density at radius 3 is 2.44 bits per heavy atom. The van der Waals surface area contributed by atoms with Gasteiger partial charge in [0.1, 0.15) is 10.8 Å². The van der Waals surface area contributed by atoms with Gasteiger partial charge in [0.25, 0.3) is 0 Å². The zero-order chi connectivity index (χ0) is 18.6. The molecule has 1 amide bonds. The molecule has 4 rings (SSSR count). The Hall–Kier alpha value is -3.05. The number of rotatable bonds is 5. The molecule has 1 N–H and O–H groups in total. The van der Waals surface area contributed by atoms with Crippen LogP contribution in [-0.2, 0) is 4.79 Å². The summed E-state index contributed by atoms with van der Waals surface area (Å²) in [5.41, 5.74) is 3.11. The average molecular weight is 374 g/mol. The molecule has 0 unspecified atom stereocenters. The normalized spacial score (nSPS) is 12.0. The van der Waals surface area contributed by atoms with Gasteiger partial charge < -0.3 is 9.73 Å². The lowest BCUT2D eigenvalue weighted by Crippen LogP contribution is -2.19. The number of aromatic nitrogens is 1. The number of nitrogens with one attached hydrogen (secondary N) is 1. The first-order chi connectivity index (χ1) is 13.2. The number of oxazole rings is 1. The molecule has 1 heterocycles. The number of carbonyl (C=O) groups excluding carboxylic acids is 1. The quantitative estimate of drug-likeness (QED) is 0.461. The van der Waals surface area contributed by atoms with Crippen LogP contribution in [0.2, 0.25) is 0 Å². The van der Waals surface area contributed by atoms with Crippen molar-refractivity contribution in [1.82, 2.24) is 4.98 Å². The van der Waals surface area contributed by atoms with E-state index in [9.17, 15) is 4.79 Å². The molecule has 3 aromatic carbocycles. The van der Waals surface area contributed by atoms with Crippen molar-refractivity contribution < 1.29 is 9.21 Å². The fourth-order valence-corrected chi connectivity index (χ4v) is 3.91. The van der Waals surface area contributed by atoms with Crippen LogP contribution in [0.15, 0.2) is 88.2 Å². The van der Waals surface area contributed by atoms with Crippen molar-refractivity contribution in [3.8, 4) is 0 Å². The summed E-state index contributed by atoms with van der Waals surface area (Å²) in [5.74, 6) is 0.532. The first-order valence-corrected chi connectivity index (χ1v) is 9.52. The Bertz CT molecular complexity index is 1060. The number of hydrogen-bond donors (Lipinski definition) is 1. The van der Waals surface area contributed by atoms with Crippen LogP contribution in [0.5, 0.6) is 0 Å². The van der Waals surface area contributed by atoms with E-state index in [0.29, 0.717) is 17.2 Å². The maximum atomic E-state index is 13.1. The fourth-order valence-electron chi connectivity index (χ4n) is 2.86. The van der Waals surface area contributed by atoms with Gasteiger partial charge >= 0.3 is 0 Å². The van der Waals surface area contributed by atoms with Crippen LogP contribution < -0.4 is 5.32 Å². The third-order valence-corrected chi connectivity index (χ3v) is 5.37. The summed E-state index contributed by atoms with van der Waals surface area (Å²) in [4.78, 5) is 18.5. The Morgan fingerprint density at radius 2 is 1.70 bits per heavy atom. The van der Waals surface area contributed by atoms with Gasteiger partial charge in [-0.3, -0.25) is 4.79 Å². The summed E-state index contributed by atoms with van der Waals surface area (Å²) < 4.78 is 5.50. The fraction of sp³-hybridized carbons (Fsp3) is 0.0909. The predicted octanol–water partition coefficient (Wildman–Crippen LogP) is 5.61. The lowest BCUT2D eigenvalue weighted by atomic mass is 10.1. The third kappa shape index (κ3) is 4.04. The van der Waals surface area contributed by atoms with Gasteiger partial charge in [-0.15, -0.1) is 11.8 Å². The molecule has 27 heavy (non-hydrogen) atoms. The lowest BCUT2D eigenvalue weighted by Gasteiger charge is -2.17. The number of benzene rings is 3. The molecule has 0 fully saturated rings. The maximum absolute atomic E-state index is 13.1. The molecule has 0 saturated carbocycles. The molecule has 0 spiro atoms. The molecule has 5 heteroatoms. The predicted molar refractivity (Wildman–Crippen MR) is 109 cm³/mol. The van der Waals surface area contributed by atoms with Crippen LogP contribution in [0.3, 0.4) is 0 Å². The molecule has 4 aromatic rings. The molecule has 0 saturated heterocycles. The monoisotopic (exact) mass is 374 g/mol. The van der Waals surface area contributed by atoms with Gasteiger partial charge in [-0.05, 0) is 35.9 Å². The van der Waals surface area contributed by atoms with E-state index in [4.69, 9.17) is 4.42 Å². The van der Waals surface area contributed by atoms with E-state index in [2.05, 4.69) is 10.3 Å². The van der Waals surface area contributed by atoms with E-state index in [1.54, 1.807) is 6.92 Å². The van der Waals surface area contributed by atoms with Crippen molar-refractivity contribution in [2.24, 2.45) is 0 Å². The highest BCUT2D eigenvalue weighted by Crippen LogP contribution is 2.36. The molecule has 0 aliphatic carbocycles. The number of hydrogen-bond acceptors (Lipinski definition) is 4. The molecule has 4 nitrogen and oxygen atoms in total. The first kappa shape index (κ1) is 17.4. The van der Waals surface area contributed by atoms with Gasteiger partial charge in [0.2, 0.25) is 5.91 Å². The van der Waals surface area contributed by atoms with E-state index >= 15 is 0 Å². The second-order valence-electron chi connectivity index (χ2n) is 6.13. The molecule has 1 atom stereocenters. The van der Waals surface area contributed by atoms with Gasteiger partial charge in [-0.2, -0.15) is 0 Å². The van der Waals surface area contributed by atoms with Crippen molar-refractivity contribution in [2.75, 3.05) is 5.32 Å². The van der Waals surface area contributed by atoms with E-state index in [0.717, 1.165) is 16.0 Å². The summed E-state index contributed by atoms with van der Waals surface area (Å²) in [7, 11) is 0. The number of amides is 1. The third-order valence-electron chi connectivity index (χ3n) is 4.10. The van der Waals surface area contributed by atoms with Gasteiger partial charge in [-0.1, -0.05) is 48.5 Å². The van der Waals surface area contributed by atoms with E-state index in [1.165, 1.54) is 11.8 Å². The van der Waals surface area contributed by atoms with E-state index < -0.39 is 0 Å². The summed E-state index contributed by atoms with van der Waals surface area (Å²) in [6.45, 7) is 1.81. The summed E-state index contributed by atoms with van der Waals surface area (Å²) >= 11 is 1.53. The highest BCUT2D eigenvalue weighted by atomic mass is 32.2.